The summed E-state index contributed by atoms with van der Waals surface area (Å²) >= 11 is 1.62. The number of hydrogen-bond donors (Lipinski definition) is 1. The zero-order chi connectivity index (χ0) is 14.7. The van der Waals surface area contributed by atoms with Crippen molar-refractivity contribution < 1.29 is 14.7 Å². The second kappa shape index (κ2) is 6.26. The first-order valence-electron chi connectivity index (χ1n) is 6.79. The zero-order valence-electron chi connectivity index (χ0n) is 11.8. The fourth-order valence-corrected chi connectivity index (χ4v) is 2.95. The summed E-state index contributed by atoms with van der Waals surface area (Å²) < 4.78 is 0. The number of carboxylic acid groups (broad SMARTS) is 1. The number of amides is 2. The van der Waals surface area contributed by atoms with Gasteiger partial charge < -0.3 is 14.9 Å². The van der Waals surface area contributed by atoms with E-state index in [0.717, 1.165) is 17.7 Å². The first kappa shape index (κ1) is 14.8. The zero-order valence-corrected chi connectivity index (χ0v) is 12.6. The highest BCUT2D eigenvalue weighted by atomic mass is 32.1. The molecule has 1 aromatic heterocycles. The summed E-state index contributed by atoms with van der Waals surface area (Å²) in [4.78, 5) is 27.8. The molecular formula is C14H20N2O3S. The van der Waals surface area contributed by atoms with Crippen LogP contribution < -0.4 is 0 Å². The SMILES string of the molecule is CC(c1cccs1)N(C)C(=O)N(CCC(=O)O)C1CC1. The minimum Gasteiger partial charge on any atom is -0.481 e. The van der Waals surface area contributed by atoms with Gasteiger partial charge in [0.15, 0.2) is 0 Å². The maximum absolute atomic E-state index is 12.5. The van der Waals surface area contributed by atoms with Crippen molar-refractivity contribution >= 4 is 23.3 Å². The van der Waals surface area contributed by atoms with Crippen LogP contribution in [0.2, 0.25) is 0 Å². The third-order valence-corrected chi connectivity index (χ3v) is 4.68. The van der Waals surface area contributed by atoms with E-state index in [0.29, 0.717) is 6.54 Å². The maximum atomic E-state index is 12.5. The highest BCUT2D eigenvalue weighted by Crippen LogP contribution is 2.30. The van der Waals surface area contributed by atoms with Crippen molar-refractivity contribution in [3.05, 3.63) is 22.4 Å². The number of thiophene rings is 1. The minimum absolute atomic E-state index is 0.00344. The Morgan fingerprint density at radius 1 is 1.50 bits per heavy atom. The van der Waals surface area contributed by atoms with Gasteiger partial charge in [-0.05, 0) is 31.2 Å². The van der Waals surface area contributed by atoms with Crippen molar-refractivity contribution in [3.63, 3.8) is 0 Å². The van der Waals surface area contributed by atoms with Crippen LogP contribution in [0.1, 0.15) is 37.1 Å². The van der Waals surface area contributed by atoms with Crippen LogP contribution in [-0.4, -0.2) is 46.5 Å². The van der Waals surface area contributed by atoms with Crippen LogP contribution in [0.4, 0.5) is 4.79 Å². The molecule has 6 heteroatoms. The molecule has 1 unspecified atom stereocenters. The van der Waals surface area contributed by atoms with Gasteiger partial charge in [0.05, 0.1) is 12.5 Å². The van der Waals surface area contributed by atoms with E-state index in [9.17, 15) is 9.59 Å². The van der Waals surface area contributed by atoms with Gasteiger partial charge in [0.25, 0.3) is 0 Å². The molecule has 2 amide bonds. The summed E-state index contributed by atoms with van der Waals surface area (Å²) in [6.45, 7) is 2.28. The lowest BCUT2D eigenvalue weighted by molar-refractivity contribution is -0.137. The Balaban J connectivity index is 2.01. The molecule has 0 aromatic carbocycles. The van der Waals surface area contributed by atoms with Gasteiger partial charge in [-0.2, -0.15) is 0 Å². The van der Waals surface area contributed by atoms with Crippen LogP contribution >= 0.6 is 11.3 Å². The van der Waals surface area contributed by atoms with Gasteiger partial charge in [-0.3, -0.25) is 4.79 Å². The van der Waals surface area contributed by atoms with Crippen molar-refractivity contribution in [2.75, 3.05) is 13.6 Å². The molecule has 1 heterocycles. The smallest absolute Gasteiger partial charge is 0.320 e. The first-order valence-corrected chi connectivity index (χ1v) is 7.67. The van der Waals surface area contributed by atoms with Crippen LogP contribution in [0.25, 0.3) is 0 Å². The molecule has 1 aliphatic carbocycles. The van der Waals surface area contributed by atoms with Crippen LogP contribution in [0.3, 0.4) is 0 Å². The lowest BCUT2D eigenvalue weighted by atomic mass is 10.2. The Bertz CT molecular complexity index is 471. The second-order valence-electron chi connectivity index (χ2n) is 5.15. The molecule has 5 nitrogen and oxygen atoms in total. The van der Waals surface area contributed by atoms with Crippen LogP contribution in [0.15, 0.2) is 17.5 Å². The molecule has 20 heavy (non-hydrogen) atoms. The van der Waals surface area contributed by atoms with E-state index in [-0.39, 0.29) is 24.5 Å². The first-order chi connectivity index (χ1) is 9.50. The summed E-state index contributed by atoms with van der Waals surface area (Å²) in [5.74, 6) is -0.864. The number of rotatable bonds is 6. The number of urea groups is 1. The van der Waals surface area contributed by atoms with Crippen LogP contribution in [0, 0.1) is 0 Å². The number of carbonyl (C=O) groups is 2. The van der Waals surface area contributed by atoms with Gasteiger partial charge >= 0.3 is 12.0 Å². The summed E-state index contributed by atoms with van der Waals surface area (Å²) in [5.41, 5.74) is 0. The summed E-state index contributed by atoms with van der Waals surface area (Å²) in [6.07, 6.45) is 1.96. The fraction of sp³-hybridized carbons (Fsp3) is 0.571. The van der Waals surface area contributed by atoms with E-state index in [4.69, 9.17) is 5.11 Å². The molecule has 1 aromatic rings. The Kier molecular flexibility index (Phi) is 4.65. The van der Waals surface area contributed by atoms with Crippen molar-refractivity contribution in [2.24, 2.45) is 0 Å². The van der Waals surface area contributed by atoms with Gasteiger partial charge in [-0.25, -0.2) is 4.79 Å². The predicted molar refractivity (Wildman–Crippen MR) is 77.9 cm³/mol. The normalized spacial score (nSPS) is 15.7. The molecule has 1 saturated carbocycles. The van der Waals surface area contributed by atoms with E-state index >= 15 is 0 Å². The largest absolute Gasteiger partial charge is 0.481 e. The highest BCUT2D eigenvalue weighted by molar-refractivity contribution is 7.10. The Labute approximate surface area is 122 Å². The van der Waals surface area contributed by atoms with Crippen LogP contribution in [0.5, 0.6) is 0 Å². The highest BCUT2D eigenvalue weighted by Gasteiger charge is 2.35. The molecule has 0 aliphatic heterocycles. The molecule has 1 N–H and O–H groups in total. The molecule has 0 spiro atoms. The van der Waals surface area contributed by atoms with E-state index < -0.39 is 5.97 Å². The predicted octanol–water partition coefficient (Wildman–Crippen LogP) is 2.80. The van der Waals surface area contributed by atoms with Crippen LogP contribution in [-0.2, 0) is 4.79 Å². The summed E-state index contributed by atoms with van der Waals surface area (Å²) in [6, 6.07) is 4.14. The summed E-state index contributed by atoms with van der Waals surface area (Å²) in [5, 5.41) is 10.8. The van der Waals surface area contributed by atoms with Crippen molar-refractivity contribution in [1.82, 2.24) is 9.80 Å². The van der Waals surface area contributed by atoms with Crippen molar-refractivity contribution in [1.29, 1.82) is 0 Å². The van der Waals surface area contributed by atoms with Crippen molar-refractivity contribution in [3.8, 4) is 0 Å². The monoisotopic (exact) mass is 296 g/mol. The van der Waals surface area contributed by atoms with E-state index in [2.05, 4.69) is 0 Å². The number of aliphatic carboxylic acids is 1. The third-order valence-electron chi connectivity index (χ3n) is 3.64. The number of nitrogens with zero attached hydrogens (tertiary/aromatic N) is 2. The third kappa shape index (κ3) is 3.50. The quantitative estimate of drug-likeness (QED) is 0.878. The van der Waals surface area contributed by atoms with Gasteiger partial charge in [-0.1, -0.05) is 6.07 Å². The van der Waals surface area contributed by atoms with E-state index in [1.165, 1.54) is 0 Å². The minimum atomic E-state index is -0.864. The van der Waals surface area contributed by atoms with Gasteiger partial charge in [0.2, 0.25) is 0 Å². The van der Waals surface area contributed by atoms with Gasteiger partial charge in [-0.15, -0.1) is 11.3 Å². The molecule has 0 radical (unpaired) electrons. The molecule has 0 saturated heterocycles. The molecule has 0 bridgehead atoms. The Morgan fingerprint density at radius 3 is 2.70 bits per heavy atom. The molecule has 1 atom stereocenters. The fourth-order valence-electron chi connectivity index (χ4n) is 2.12. The standard InChI is InChI=1S/C14H20N2O3S/c1-10(12-4-3-9-20-12)15(2)14(19)16(11-5-6-11)8-7-13(17)18/h3-4,9-11H,5-8H2,1-2H3,(H,17,18). The van der Waals surface area contributed by atoms with E-state index in [1.54, 1.807) is 28.2 Å². The topological polar surface area (TPSA) is 60.9 Å². The van der Waals surface area contributed by atoms with Gasteiger partial charge in [0, 0.05) is 24.5 Å². The lowest BCUT2D eigenvalue weighted by Gasteiger charge is -2.31. The lowest BCUT2D eigenvalue weighted by Crippen LogP contribution is -2.44. The molecule has 1 aliphatic rings. The Hall–Kier alpha value is -1.56. The number of carbonyl (C=O) groups excluding carboxylic acids is 1. The molecule has 2 rings (SSSR count). The van der Waals surface area contributed by atoms with Crippen molar-refractivity contribution in [2.45, 2.75) is 38.3 Å². The second-order valence-corrected chi connectivity index (χ2v) is 6.13. The number of carboxylic acids is 1. The molecule has 1 fully saturated rings. The Morgan fingerprint density at radius 2 is 2.20 bits per heavy atom. The van der Waals surface area contributed by atoms with Gasteiger partial charge in [0.1, 0.15) is 0 Å². The van der Waals surface area contributed by atoms with E-state index in [1.807, 2.05) is 24.4 Å². The average Bonchev–Trinajstić information content (AvgIpc) is 3.10. The average molecular weight is 296 g/mol. The maximum Gasteiger partial charge on any atom is 0.320 e. The molecular weight excluding hydrogens is 276 g/mol. The summed E-state index contributed by atoms with van der Waals surface area (Å²) in [7, 11) is 1.78. The number of hydrogen-bond acceptors (Lipinski definition) is 3. The molecule has 110 valence electrons.